The Labute approximate surface area is 199 Å². The number of methoxy groups -OCH3 is 1. The molecule has 1 N–H and O–H groups in total. The number of halogens is 1. The maximum absolute atomic E-state index is 13.0. The van der Waals surface area contributed by atoms with Gasteiger partial charge in [0.05, 0.1) is 20.0 Å². The van der Waals surface area contributed by atoms with Crippen LogP contribution in [0.3, 0.4) is 0 Å². The molecule has 0 atom stereocenters. The summed E-state index contributed by atoms with van der Waals surface area (Å²) >= 11 is 0. The number of aryl methyl sites for hydroxylation is 1. The Balaban J connectivity index is 1.23. The lowest BCUT2D eigenvalue weighted by atomic mass is 9.92. The molecule has 1 fully saturated rings. The number of piperidine rings is 1. The first-order valence-electron chi connectivity index (χ1n) is 11.6. The van der Waals surface area contributed by atoms with Gasteiger partial charge in [0.1, 0.15) is 23.8 Å². The van der Waals surface area contributed by atoms with Gasteiger partial charge in [-0.1, -0.05) is 6.07 Å². The van der Waals surface area contributed by atoms with E-state index < -0.39 is 5.60 Å². The minimum absolute atomic E-state index is 0.202. The van der Waals surface area contributed by atoms with Crippen LogP contribution in [0.25, 0.3) is 0 Å². The van der Waals surface area contributed by atoms with Crippen molar-refractivity contribution in [2.75, 3.05) is 33.4 Å². The van der Waals surface area contributed by atoms with E-state index in [0.29, 0.717) is 25.2 Å². The Morgan fingerprint density at radius 2 is 1.85 bits per heavy atom. The largest absolute Gasteiger partial charge is 0.493 e. The van der Waals surface area contributed by atoms with Crippen LogP contribution in [0, 0.1) is 5.82 Å². The van der Waals surface area contributed by atoms with Gasteiger partial charge in [0.15, 0.2) is 11.5 Å². The standard InChI is InChI=1S/C26H32FN3O4/c1-32-25-17-21(3-8-24(25)33-16-2-12-30-15-11-28-20-30)18-29-13-9-26(31,10-14-29)19-34-23-6-4-22(27)5-7-23/h3-8,11,15,17,20,31H,2,9-10,12-14,16,18-19H2,1H3. The zero-order chi connectivity index (χ0) is 23.8. The summed E-state index contributed by atoms with van der Waals surface area (Å²) in [5.41, 5.74) is 0.257. The van der Waals surface area contributed by atoms with E-state index in [-0.39, 0.29) is 12.4 Å². The second-order valence-corrected chi connectivity index (χ2v) is 8.73. The zero-order valence-electron chi connectivity index (χ0n) is 19.5. The van der Waals surface area contributed by atoms with Crippen LogP contribution in [0.4, 0.5) is 4.39 Å². The maximum Gasteiger partial charge on any atom is 0.161 e. The van der Waals surface area contributed by atoms with Crippen LogP contribution >= 0.6 is 0 Å². The Bertz CT molecular complexity index is 1020. The Kier molecular flexibility index (Phi) is 8.03. The summed E-state index contributed by atoms with van der Waals surface area (Å²) < 4.78 is 32.2. The molecule has 2 aromatic carbocycles. The molecule has 0 aliphatic carbocycles. The number of likely N-dealkylation sites (tertiary alicyclic amines) is 1. The fourth-order valence-electron chi connectivity index (χ4n) is 4.06. The average Bonchev–Trinajstić information content (AvgIpc) is 3.37. The van der Waals surface area contributed by atoms with Crippen molar-refractivity contribution in [3.05, 3.63) is 72.6 Å². The molecule has 4 rings (SSSR count). The normalized spacial score (nSPS) is 15.7. The second kappa shape index (κ2) is 11.4. The molecule has 1 aliphatic heterocycles. The first-order chi connectivity index (χ1) is 16.5. The quantitative estimate of drug-likeness (QED) is 0.430. The average molecular weight is 470 g/mol. The van der Waals surface area contributed by atoms with E-state index in [2.05, 4.69) is 16.0 Å². The SMILES string of the molecule is COc1cc(CN2CCC(O)(COc3ccc(F)cc3)CC2)ccc1OCCCn1ccnc1. The highest BCUT2D eigenvalue weighted by molar-refractivity contribution is 5.43. The topological polar surface area (TPSA) is 69.0 Å². The van der Waals surface area contributed by atoms with E-state index >= 15 is 0 Å². The molecule has 34 heavy (non-hydrogen) atoms. The lowest BCUT2D eigenvalue weighted by Crippen LogP contribution is -2.47. The van der Waals surface area contributed by atoms with Crippen molar-refractivity contribution in [2.45, 2.75) is 38.0 Å². The number of hydrogen-bond donors (Lipinski definition) is 1. The number of imidazole rings is 1. The van der Waals surface area contributed by atoms with Crippen LogP contribution in [0.1, 0.15) is 24.8 Å². The van der Waals surface area contributed by atoms with Crippen LogP contribution in [-0.2, 0) is 13.1 Å². The molecule has 7 nitrogen and oxygen atoms in total. The van der Waals surface area contributed by atoms with Gasteiger partial charge in [0, 0.05) is 38.6 Å². The highest BCUT2D eigenvalue weighted by Crippen LogP contribution is 2.30. The molecule has 182 valence electrons. The number of ether oxygens (including phenoxy) is 3. The second-order valence-electron chi connectivity index (χ2n) is 8.73. The molecule has 0 spiro atoms. The number of aromatic nitrogens is 2. The van der Waals surface area contributed by atoms with Gasteiger partial charge in [0.25, 0.3) is 0 Å². The van der Waals surface area contributed by atoms with E-state index in [0.717, 1.165) is 49.7 Å². The predicted molar refractivity (Wildman–Crippen MR) is 127 cm³/mol. The fraction of sp³-hybridized carbons (Fsp3) is 0.423. The smallest absolute Gasteiger partial charge is 0.161 e. The van der Waals surface area contributed by atoms with Crippen molar-refractivity contribution >= 4 is 0 Å². The summed E-state index contributed by atoms with van der Waals surface area (Å²) in [5, 5.41) is 10.9. The van der Waals surface area contributed by atoms with Gasteiger partial charge in [-0.2, -0.15) is 0 Å². The zero-order valence-corrected chi connectivity index (χ0v) is 19.5. The molecule has 2 heterocycles. The summed E-state index contributed by atoms with van der Waals surface area (Å²) in [6, 6.07) is 11.9. The van der Waals surface area contributed by atoms with Crippen molar-refractivity contribution in [1.29, 1.82) is 0 Å². The van der Waals surface area contributed by atoms with Crippen LogP contribution in [0.2, 0.25) is 0 Å². The van der Waals surface area contributed by atoms with Gasteiger partial charge >= 0.3 is 0 Å². The number of rotatable bonds is 11. The van der Waals surface area contributed by atoms with Crippen molar-refractivity contribution in [3.63, 3.8) is 0 Å². The third-order valence-electron chi connectivity index (χ3n) is 6.12. The molecule has 1 aromatic heterocycles. The van der Waals surface area contributed by atoms with Gasteiger partial charge < -0.3 is 23.9 Å². The summed E-state index contributed by atoms with van der Waals surface area (Å²) in [6.07, 6.45) is 7.62. The summed E-state index contributed by atoms with van der Waals surface area (Å²) in [7, 11) is 1.65. The summed E-state index contributed by atoms with van der Waals surface area (Å²) in [5.74, 6) is 1.72. The van der Waals surface area contributed by atoms with Gasteiger partial charge in [0.2, 0.25) is 0 Å². The molecular formula is C26H32FN3O4. The third kappa shape index (κ3) is 6.71. The van der Waals surface area contributed by atoms with Crippen molar-refractivity contribution in [1.82, 2.24) is 14.5 Å². The summed E-state index contributed by atoms with van der Waals surface area (Å²) in [4.78, 5) is 6.36. The van der Waals surface area contributed by atoms with Crippen LogP contribution < -0.4 is 14.2 Å². The molecule has 0 amide bonds. The van der Waals surface area contributed by atoms with Gasteiger partial charge in [-0.05, 0) is 61.2 Å². The molecular weight excluding hydrogens is 437 g/mol. The third-order valence-corrected chi connectivity index (χ3v) is 6.12. The van der Waals surface area contributed by atoms with Crippen molar-refractivity contribution in [2.24, 2.45) is 0 Å². The van der Waals surface area contributed by atoms with Gasteiger partial charge in [-0.15, -0.1) is 0 Å². The van der Waals surface area contributed by atoms with Crippen LogP contribution in [0.5, 0.6) is 17.2 Å². The summed E-state index contributed by atoms with van der Waals surface area (Å²) in [6.45, 7) is 3.95. The first kappa shape index (κ1) is 24.0. The predicted octanol–water partition coefficient (Wildman–Crippen LogP) is 3.91. The van der Waals surface area contributed by atoms with E-state index in [1.54, 1.807) is 31.8 Å². The minimum atomic E-state index is -0.878. The van der Waals surface area contributed by atoms with E-state index in [9.17, 15) is 9.50 Å². The van der Waals surface area contributed by atoms with E-state index in [1.807, 2.05) is 22.9 Å². The lowest BCUT2D eigenvalue weighted by Gasteiger charge is -2.38. The maximum atomic E-state index is 13.0. The van der Waals surface area contributed by atoms with Crippen molar-refractivity contribution < 1.29 is 23.7 Å². The lowest BCUT2D eigenvalue weighted by molar-refractivity contribution is -0.0537. The van der Waals surface area contributed by atoms with Crippen LogP contribution in [0.15, 0.2) is 61.2 Å². The number of nitrogens with zero attached hydrogens (tertiary/aromatic N) is 3. The number of aliphatic hydroxyl groups is 1. The Hall–Kier alpha value is -3.10. The van der Waals surface area contributed by atoms with Crippen LogP contribution in [-0.4, -0.2) is 58.6 Å². The monoisotopic (exact) mass is 469 g/mol. The molecule has 1 saturated heterocycles. The highest BCUT2D eigenvalue weighted by atomic mass is 19.1. The first-order valence-corrected chi connectivity index (χ1v) is 11.6. The van der Waals surface area contributed by atoms with Gasteiger partial charge in [-0.3, -0.25) is 4.90 Å². The molecule has 1 aliphatic rings. The number of hydrogen-bond acceptors (Lipinski definition) is 6. The molecule has 0 bridgehead atoms. The minimum Gasteiger partial charge on any atom is -0.493 e. The Morgan fingerprint density at radius 1 is 1.06 bits per heavy atom. The molecule has 0 saturated carbocycles. The fourth-order valence-corrected chi connectivity index (χ4v) is 4.06. The van der Waals surface area contributed by atoms with E-state index in [1.165, 1.54) is 12.1 Å². The number of benzene rings is 2. The van der Waals surface area contributed by atoms with Crippen molar-refractivity contribution in [3.8, 4) is 17.2 Å². The van der Waals surface area contributed by atoms with Gasteiger partial charge in [-0.25, -0.2) is 9.37 Å². The molecule has 0 radical (unpaired) electrons. The highest BCUT2D eigenvalue weighted by Gasteiger charge is 2.33. The molecule has 0 unspecified atom stereocenters. The van der Waals surface area contributed by atoms with E-state index in [4.69, 9.17) is 14.2 Å². The Morgan fingerprint density at radius 3 is 2.56 bits per heavy atom. The molecule has 8 heteroatoms. The molecule has 3 aromatic rings.